The summed E-state index contributed by atoms with van der Waals surface area (Å²) in [6.07, 6.45) is 12.2. The van der Waals surface area contributed by atoms with Crippen LogP contribution in [0, 0.1) is 29.4 Å². The van der Waals surface area contributed by atoms with Crippen LogP contribution in [-0.2, 0) is 0 Å². The van der Waals surface area contributed by atoms with Gasteiger partial charge in [-0.2, -0.15) is 0 Å². The molecule has 0 atom stereocenters. The Morgan fingerprint density at radius 1 is 0.880 bits per heavy atom. The summed E-state index contributed by atoms with van der Waals surface area (Å²) in [5.41, 5.74) is 1.00. The van der Waals surface area contributed by atoms with E-state index in [1.807, 2.05) is 0 Å². The molecule has 2 saturated carbocycles. The van der Waals surface area contributed by atoms with Gasteiger partial charge in [-0.05, 0) is 79.9 Å². The van der Waals surface area contributed by atoms with Crippen molar-refractivity contribution in [1.82, 2.24) is 0 Å². The zero-order valence-electron chi connectivity index (χ0n) is 15.8. The van der Waals surface area contributed by atoms with E-state index in [9.17, 15) is 8.78 Å². The molecule has 2 fully saturated rings. The molecule has 3 heteroatoms. The Morgan fingerprint density at radius 2 is 1.52 bits per heavy atom. The van der Waals surface area contributed by atoms with Gasteiger partial charge in [0.1, 0.15) is 0 Å². The van der Waals surface area contributed by atoms with Crippen LogP contribution in [0.1, 0.15) is 76.2 Å². The Hall–Kier alpha value is -0.703. The highest BCUT2D eigenvalue weighted by Crippen LogP contribution is 2.44. The van der Waals surface area contributed by atoms with Crippen LogP contribution >= 0.6 is 0 Å². The first-order valence-corrected chi connectivity index (χ1v) is 12.6. The van der Waals surface area contributed by atoms with Crippen LogP contribution in [0.2, 0.25) is 12.1 Å². The quantitative estimate of drug-likeness (QED) is 0.401. The van der Waals surface area contributed by atoms with Crippen molar-refractivity contribution in [2.24, 2.45) is 17.8 Å². The summed E-state index contributed by atoms with van der Waals surface area (Å²) in [5, 5.41) is 0. The van der Waals surface area contributed by atoms with Crippen molar-refractivity contribution in [2.75, 3.05) is 0 Å². The van der Waals surface area contributed by atoms with Crippen LogP contribution in [0.5, 0.6) is 0 Å². The zero-order chi connectivity index (χ0) is 17.6. The average Bonchev–Trinajstić information content (AvgIpc) is 2.65. The van der Waals surface area contributed by atoms with Gasteiger partial charge in [0.25, 0.3) is 0 Å². The van der Waals surface area contributed by atoms with E-state index >= 15 is 0 Å². The molecule has 0 saturated heterocycles. The highest BCUT2D eigenvalue weighted by atomic mass is 28.2. The fraction of sp³-hybridized carbons (Fsp3) is 0.727. The van der Waals surface area contributed by atoms with E-state index in [1.54, 1.807) is 12.1 Å². The average molecular weight is 365 g/mol. The van der Waals surface area contributed by atoms with Crippen LogP contribution in [0.15, 0.2) is 18.2 Å². The van der Waals surface area contributed by atoms with Gasteiger partial charge in [0.15, 0.2) is 11.6 Å². The van der Waals surface area contributed by atoms with Crippen LogP contribution in [0.3, 0.4) is 0 Å². The van der Waals surface area contributed by atoms with Crippen molar-refractivity contribution >= 4 is 9.52 Å². The van der Waals surface area contributed by atoms with Crippen molar-refractivity contribution in [3.8, 4) is 0 Å². The molecular weight excluding hydrogens is 330 g/mol. The molecule has 0 aliphatic heterocycles. The molecule has 0 heterocycles. The second-order valence-electron chi connectivity index (χ2n) is 8.56. The first-order valence-electron chi connectivity index (χ1n) is 10.6. The molecule has 0 amide bonds. The minimum absolute atomic E-state index is 0.257. The summed E-state index contributed by atoms with van der Waals surface area (Å²) < 4.78 is 26.6. The highest BCUT2D eigenvalue weighted by molar-refractivity contribution is 6.35. The van der Waals surface area contributed by atoms with E-state index in [2.05, 4.69) is 6.92 Å². The third kappa shape index (κ3) is 5.15. The maximum absolute atomic E-state index is 13.5. The molecule has 25 heavy (non-hydrogen) atoms. The lowest BCUT2D eigenvalue weighted by molar-refractivity contribution is 0.158. The maximum atomic E-state index is 13.5. The number of halogens is 2. The lowest BCUT2D eigenvalue weighted by atomic mass is 9.68. The summed E-state index contributed by atoms with van der Waals surface area (Å²) >= 11 is 0. The van der Waals surface area contributed by atoms with Crippen LogP contribution in [0.25, 0.3) is 0 Å². The van der Waals surface area contributed by atoms with Gasteiger partial charge in [0, 0.05) is 9.52 Å². The van der Waals surface area contributed by atoms with Crippen LogP contribution < -0.4 is 0 Å². The van der Waals surface area contributed by atoms with Gasteiger partial charge in [-0.25, -0.2) is 8.78 Å². The van der Waals surface area contributed by atoms with Gasteiger partial charge in [-0.15, -0.1) is 0 Å². The third-order valence-electron chi connectivity index (χ3n) is 6.96. The molecule has 2 aliphatic rings. The fourth-order valence-electron chi connectivity index (χ4n) is 5.32. The molecule has 0 spiro atoms. The molecule has 1 aromatic carbocycles. The molecule has 0 bridgehead atoms. The molecule has 0 unspecified atom stereocenters. The molecular formula is C22H34F2Si. The third-order valence-corrected chi connectivity index (χ3v) is 8.58. The van der Waals surface area contributed by atoms with Crippen molar-refractivity contribution < 1.29 is 8.78 Å². The number of hydrogen-bond acceptors (Lipinski definition) is 0. The first kappa shape index (κ1) is 19.1. The van der Waals surface area contributed by atoms with Gasteiger partial charge in [-0.1, -0.05) is 44.3 Å². The topological polar surface area (TPSA) is 0 Å². The van der Waals surface area contributed by atoms with Crippen molar-refractivity contribution in [3.05, 3.63) is 35.4 Å². The zero-order valence-corrected chi connectivity index (χ0v) is 17.2. The van der Waals surface area contributed by atoms with Gasteiger partial charge in [0.05, 0.1) is 0 Å². The van der Waals surface area contributed by atoms with Crippen molar-refractivity contribution in [3.63, 3.8) is 0 Å². The lowest BCUT2D eigenvalue weighted by Gasteiger charge is -2.38. The second-order valence-corrected chi connectivity index (χ2v) is 11.0. The minimum atomic E-state index is -0.726. The summed E-state index contributed by atoms with van der Waals surface area (Å²) in [6, 6.07) is 7.53. The Bertz CT molecular complexity index is 529. The van der Waals surface area contributed by atoms with Crippen molar-refractivity contribution in [2.45, 2.75) is 82.7 Å². The predicted molar refractivity (Wildman–Crippen MR) is 105 cm³/mol. The minimum Gasteiger partial charge on any atom is -0.204 e. The summed E-state index contributed by atoms with van der Waals surface area (Å²) in [5.74, 6) is 1.86. The number of benzene rings is 1. The molecule has 3 rings (SSSR count). The largest absolute Gasteiger partial charge is 0.204 e. The van der Waals surface area contributed by atoms with Gasteiger partial charge >= 0.3 is 0 Å². The van der Waals surface area contributed by atoms with Gasteiger partial charge < -0.3 is 0 Å². The Morgan fingerprint density at radius 3 is 2.12 bits per heavy atom. The predicted octanol–water partition coefficient (Wildman–Crippen LogP) is 6.46. The van der Waals surface area contributed by atoms with E-state index in [1.165, 1.54) is 63.1 Å². The van der Waals surface area contributed by atoms with Crippen LogP contribution in [-0.4, -0.2) is 9.52 Å². The normalized spacial score (nSPS) is 30.8. The van der Waals surface area contributed by atoms with Gasteiger partial charge in [0.2, 0.25) is 0 Å². The monoisotopic (exact) mass is 364 g/mol. The molecule has 0 nitrogen and oxygen atoms in total. The second kappa shape index (κ2) is 9.30. The first-order chi connectivity index (χ1) is 12.2. The van der Waals surface area contributed by atoms with E-state index < -0.39 is 11.6 Å². The van der Waals surface area contributed by atoms with Crippen molar-refractivity contribution in [1.29, 1.82) is 0 Å². The van der Waals surface area contributed by atoms with Gasteiger partial charge in [-0.3, -0.25) is 0 Å². The van der Waals surface area contributed by atoms with E-state index in [-0.39, 0.29) is 9.52 Å². The van der Waals surface area contributed by atoms with E-state index in [0.29, 0.717) is 5.92 Å². The standard InChI is InChI=1S/C22H34F2Si/c1-2-25-14-13-16-3-5-17(6-4-16)18-7-9-19(10-8-18)20-11-12-21(23)22(24)15-20/h11-12,15-19H,2-10,13-14,25H2,1H3/t16-,17-,18-,19-. The fourth-order valence-corrected chi connectivity index (χ4v) is 6.69. The lowest BCUT2D eigenvalue weighted by Crippen LogP contribution is -2.25. The summed E-state index contributed by atoms with van der Waals surface area (Å²) in [7, 11) is 0.257. The molecule has 0 radical (unpaired) electrons. The summed E-state index contributed by atoms with van der Waals surface area (Å²) in [4.78, 5) is 0. The summed E-state index contributed by atoms with van der Waals surface area (Å²) in [6.45, 7) is 2.35. The molecule has 2 aliphatic carbocycles. The Labute approximate surface area is 154 Å². The molecule has 0 aromatic heterocycles. The molecule has 140 valence electrons. The molecule has 0 N–H and O–H groups in total. The van der Waals surface area contributed by atoms with E-state index in [0.717, 1.165) is 36.2 Å². The maximum Gasteiger partial charge on any atom is 0.159 e. The smallest absolute Gasteiger partial charge is 0.159 e. The number of rotatable bonds is 6. The highest BCUT2D eigenvalue weighted by Gasteiger charge is 2.31. The SMILES string of the molecule is CC[SiH2]CC[C@H]1CC[C@H]([C@H]2CC[C@H](c3ccc(F)c(F)c3)CC2)CC1. The Kier molecular flexibility index (Phi) is 7.09. The van der Waals surface area contributed by atoms with E-state index in [4.69, 9.17) is 0 Å². The number of hydrogen-bond donors (Lipinski definition) is 0. The molecule has 1 aromatic rings. The van der Waals surface area contributed by atoms with Crippen LogP contribution in [0.4, 0.5) is 8.78 Å². The Balaban J connectivity index is 1.43.